The summed E-state index contributed by atoms with van der Waals surface area (Å²) in [6.45, 7) is 0.391. The van der Waals surface area contributed by atoms with Crippen LogP contribution >= 0.6 is 11.3 Å². The molecule has 0 aliphatic heterocycles. The van der Waals surface area contributed by atoms with Crippen molar-refractivity contribution in [2.75, 3.05) is 5.32 Å². The molecule has 0 bridgehead atoms. The first-order chi connectivity index (χ1) is 16.6. The predicted molar refractivity (Wildman–Crippen MR) is 134 cm³/mol. The molecule has 5 aromatic rings. The Morgan fingerprint density at radius 3 is 2.47 bits per heavy atom. The van der Waals surface area contributed by atoms with E-state index in [1.54, 1.807) is 18.2 Å². The van der Waals surface area contributed by atoms with E-state index in [1.165, 1.54) is 11.3 Å². The molecule has 0 saturated carbocycles. The number of carbonyl (C=O) groups is 2. The van der Waals surface area contributed by atoms with Crippen LogP contribution in [0.4, 0.5) is 5.69 Å². The first kappa shape index (κ1) is 21.6. The fourth-order valence-electron chi connectivity index (χ4n) is 3.55. The average Bonchev–Trinajstić information content (AvgIpc) is 3.52. The van der Waals surface area contributed by atoms with Crippen molar-refractivity contribution < 1.29 is 14.0 Å². The second-order valence-electron chi connectivity index (χ2n) is 7.75. The number of aromatic nitrogens is 1. The molecule has 2 N–H and O–H groups in total. The van der Waals surface area contributed by atoms with Crippen molar-refractivity contribution >= 4 is 39.8 Å². The Morgan fingerprint density at radius 2 is 1.68 bits per heavy atom. The zero-order chi connectivity index (χ0) is 23.3. The summed E-state index contributed by atoms with van der Waals surface area (Å²) in [6, 6.07) is 26.3. The number of hydrogen-bond acceptors (Lipinski definition) is 5. The molecule has 0 unspecified atom stereocenters. The van der Waals surface area contributed by atoms with Crippen molar-refractivity contribution in [1.82, 2.24) is 10.3 Å². The topological polar surface area (TPSA) is 84.2 Å². The maximum absolute atomic E-state index is 12.5. The first-order valence-corrected chi connectivity index (χ1v) is 11.7. The third-order valence-electron chi connectivity index (χ3n) is 5.28. The first-order valence-electron chi connectivity index (χ1n) is 10.8. The monoisotopic (exact) mass is 467 g/mol. The highest BCUT2D eigenvalue weighted by Crippen LogP contribution is 2.22. The molecule has 34 heavy (non-hydrogen) atoms. The molecule has 0 radical (unpaired) electrons. The van der Waals surface area contributed by atoms with Gasteiger partial charge in [-0.05, 0) is 29.8 Å². The van der Waals surface area contributed by atoms with Crippen molar-refractivity contribution in [3.8, 4) is 11.3 Å². The van der Waals surface area contributed by atoms with Crippen LogP contribution in [0.5, 0.6) is 0 Å². The minimum Gasteiger partial charge on any atom is -0.451 e. The highest BCUT2D eigenvalue weighted by molar-refractivity contribution is 7.09. The second-order valence-corrected chi connectivity index (χ2v) is 8.69. The molecule has 0 aliphatic carbocycles. The number of amides is 2. The van der Waals surface area contributed by atoms with Crippen LogP contribution < -0.4 is 10.6 Å². The van der Waals surface area contributed by atoms with Crippen LogP contribution in [-0.2, 0) is 17.8 Å². The van der Waals surface area contributed by atoms with Gasteiger partial charge in [-0.15, -0.1) is 11.3 Å². The largest absolute Gasteiger partial charge is 0.451 e. The number of benzene rings is 3. The van der Waals surface area contributed by atoms with Gasteiger partial charge in [0, 0.05) is 22.0 Å². The summed E-state index contributed by atoms with van der Waals surface area (Å²) >= 11 is 1.53. The third-order valence-corrected chi connectivity index (χ3v) is 6.13. The summed E-state index contributed by atoms with van der Waals surface area (Å²) in [5, 5.41) is 9.47. The van der Waals surface area contributed by atoms with Crippen molar-refractivity contribution in [3.05, 3.63) is 107 Å². The number of carbonyl (C=O) groups excluding carboxylic acids is 2. The van der Waals surface area contributed by atoms with Gasteiger partial charge in [0.25, 0.3) is 5.91 Å². The smallest absolute Gasteiger partial charge is 0.291 e. The third kappa shape index (κ3) is 5.05. The predicted octanol–water partition coefficient (Wildman–Crippen LogP) is 5.67. The van der Waals surface area contributed by atoms with E-state index in [0.29, 0.717) is 17.8 Å². The lowest BCUT2D eigenvalue weighted by Crippen LogP contribution is -2.24. The Balaban J connectivity index is 1.13. The zero-order valence-corrected chi connectivity index (χ0v) is 19.0. The molecule has 0 aliphatic rings. The number of para-hydroxylation sites is 1. The summed E-state index contributed by atoms with van der Waals surface area (Å²) in [5.41, 5.74) is 4.12. The van der Waals surface area contributed by atoms with E-state index >= 15 is 0 Å². The summed E-state index contributed by atoms with van der Waals surface area (Å²) in [5.74, 6) is -0.155. The fourth-order valence-corrected chi connectivity index (χ4v) is 4.29. The lowest BCUT2D eigenvalue weighted by atomic mass is 10.1. The van der Waals surface area contributed by atoms with Gasteiger partial charge in [-0.2, -0.15) is 0 Å². The maximum atomic E-state index is 12.5. The number of fused-ring (bicyclic) bond motifs is 1. The van der Waals surface area contributed by atoms with Crippen molar-refractivity contribution in [3.63, 3.8) is 0 Å². The summed E-state index contributed by atoms with van der Waals surface area (Å²) < 4.78 is 5.60. The van der Waals surface area contributed by atoms with E-state index in [-0.39, 0.29) is 24.0 Å². The van der Waals surface area contributed by atoms with Gasteiger partial charge >= 0.3 is 0 Å². The number of anilines is 1. The summed E-state index contributed by atoms with van der Waals surface area (Å²) in [6.07, 6.45) is 0.245. The number of rotatable bonds is 7. The quantitative estimate of drug-likeness (QED) is 0.323. The minimum absolute atomic E-state index is 0.0875. The fraction of sp³-hybridized carbons (Fsp3) is 0.0741. The van der Waals surface area contributed by atoms with Gasteiger partial charge in [0.15, 0.2) is 5.76 Å². The number of nitrogens with zero attached hydrogens (tertiary/aromatic N) is 1. The zero-order valence-electron chi connectivity index (χ0n) is 18.2. The molecule has 2 aromatic heterocycles. The van der Waals surface area contributed by atoms with E-state index in [2.05, 4.69) is 15.6 Å². The molecule has 2 amide bonds. The Hall–Kier alpha value is -4.23. The van der Waals surface area contributed by atoms with Crippen LogP contribution in [0.25, 0.3) is 22.2 Å². The van der Waals surface area contributed by atoms with Crippen LogP contribution in [0.1, 0.15) is 21.1 Å². The van der Waals surface area contributed by atoms with E-state index < -0.39 is 0 Å². The highest BCUT2D eigenvalue weighted by Gasteiger charge is 2.13. The molecular weight excluding hydrogens is 446 g/mol. The van der Waals surface area contributed by atoms with Gasteiger partial charge < -0.3 is 15.1 Å². The Bertz CT molecular complexity index is 1410. The molecule has 0 saturated heterocycles. The molecule has 0 spiro atoms. The summed E-state index contributed by atoms with van der Waals surface area (Å²) in [4.78, 5) is 29.5. The standard InChI is InChI=1S/C27H21N3O3S/c31-25(28-16-26-30-22(17-34-26)19-6-2-1-3-7-19)14-18-10-12-21(13-11-18)29-27(32)24-15-20-8-4-5-9-23(20)33-24/h1-13,15,17H,14,16H2,(H,28,31)(H,29,32). The van der Waals surface area contributed by atoms with Crippen molar-refractivity contribution in [2.24, 2.45) is 0 Å². The Morgan fingerprint density at radius 1 is 0.912 bits per heavy atom. The van der Waals surface area contributed by atoms with Crippen molar-refractivity contribution in [1.29, 1.82) is 0 Å². The molecule has 6 nitrogen and oxygen atoms in total. The van der Waals surface area contributed by atoms with Crippen LogP contribution in [0.3, 0.4) is 0 Å². The van der Waals surface area contributed by atoms with E-state index in [0.717, 1.165) is 27.2 Å². The second kappa shape index (κ2) is 9.72. The molecule has 0 atom stereocenters. The van der Waals surface area contributed by atoms with Crippen LogP contribution in [0.2, 0.25) is 0 Å². The van der Waals surface area contributed by atoms with Gasteiger partial charge in [-0.3, -0.25) is 9.59 Å². The number of furan rings is 1. The molecule has 0 fully saturated rings. The number of nitrogens with one attached hydrogen (secondary N) is 2. The molecule has 5 rings (SSSR count). The van der Waals surface area contributed by atoms with Crippen LogP contribution in [0.15, 0.2) is 94.7 Å². The van der Waals surface area contributed by atoms with Gasteiger partial charge in [0.05, 0.1) is 18.7 Å². The van der Waals surface area contributed by atoms with Gasteiger partial charge in [-0.1, -0.05) is 60.7 Å². The molecule has 2 heterocycles. The van der Waals surface area contributed by atoms with E-state index in [4.69, 9.17) is 4.42 Å². The number of thiazole rings is 1. The maximum Gasteiger partial charge on any atom is 0.291 e. The lowest BCUT2D eigenvalue weighted by molar-refractivity contribution is -0.120. The van der Waals surface area contributed by atoms with E-state index in [9.17, 15) is 9.59 Å². The van der Waals surface area contributed by atoms with E-state index in [1.807, 2.05) is 72.1 Å². The van der Waals surface area contributed by atoms with Crippen LogP contribution in [0, 0.1) is 0 Å². The van der Waals surface area contributed by atoms with Gasteiger partial charge in [0.1, 0.15) is 10.6 Å². The molecule has 7 heteroatoms. The van der Waals surface area contributed by atoms with Gasteiger partial charge in [-0.25, -0.2) is 4.98 Å². The normalized spacial score (nSPS) is 10.8. The summed E-state index contributed by atoms with van der Waals surface area (Å²) in [7, 11) is 0. The Kier molecular flexibility index (Phi) is 6.18. The highest BCUT2D eigenvalue weighted by atomic mass is 32.1. The van der Waals surface area contributed by atoms with Gasteiger partial charge in [0.2, 0.25) is 5.91 Å². The molecular formula is C27H21N3O3S. The minimum atomic E-state index is -0.319. The molecule has 168 valence electrons. The van der Waals surface area contributed by atoms with Crippen LogP contribution in [-0.4, -0.2) is 16.8 Å². The van der Waals surface area contributed by atoms with Crippen molar-refractivity contribution in [2.45, 2.75) is 13.0 Å². The number of hydrogen-bond donors (Lipinski definition) is 2. The lowest BCUT2D eigenvalue weighted by Gasteiger charge is -2.06. The molecule has 3 aromatic carbocycles. The average molecular weight is 468 g/mol. The SMILES string of the molecule is O=C(Cc1ccc(NC(=O)c2cc3ccccc3o2)cc1)NCc1nc(-c2ccccc2)cs1. The Labute approximate surface area is 200 Å².